The van der Waals surface area contributed by atoms with E-state index in [2.05, 4.69) is 10.0 Å². The maximum Gasteiger partial charge on any atom is 0.338 e. The summed E-state index contributed by atoms with van der Waals surface area (Å²) in [6.45, 7) is 5.94. The Balaban J connectivity index is 1.72. The molecular weight excluding hydrogens is 452 g/mol. The van der Waals surface area contributed by atoms with Crippen molar-refractivity contribution in [2.45, 2.75) is 38.5 Å². The highest BCUT2D eigenvalue weighted by atomic mass is 32.2. The minimum atomic E-state index is -3.80. The Hall–Kier alpha value is -3.65. The van der Waals surface area contributed by atoms with Gasteiger partial charge in [-0.15, -0.1) is 0 Å². The van der Waals surface area contributed by atoms with Crippen LogP contribution in [0.2, 0.25) is 0 Å². The molecule has 0 unspecified atom stereocenters. The molecule has 0 bridgehead atoms. The number of rotatable bonds is 9. The average Bonchev–Trinajstić information content (AvgIpc) is 2.81. The number of amides is 1. The van der Waals surface area contributed by atoms with Crippen LogP contribution in [0.4, 0.5) is 11.4 Å². The predicted molar refractivity (Wildman–Crippen MR) is 133 cm³/mol. The van der Waals surface area contributed by atoms with Crippen LogP contribution in [0.5, 0.6) is 0 Å². The highest BCUT2D eigenvalue weighted by Gasteiger charge is 2.18. The number of anilines is 2. The maximum atomic E-state index is 12.9. The van der Waals surface area contributed by atoms with E-state index in [-0.39, 0.29) is 4.90 Å². The van der Waals surface area contributed by atoms with Crippen molar-refractivity contribution in [3.8, 4) is 0 Å². The zero-order valence-corrected chi connectivity index (χ0v) is 20.2. The van der Waals surface area contributed by atoms with Gasteiger partial charge in [-0.3, -0.25) is 9.52 Å². The lowest BCUT2D eigenvalue weighted by Gasteiger charge is -2.14. The van der Waals surface area contributed by atoms with Gasteiger partial charge in [0.05, 0.1) is 22.8 Å². The van der Waals surface area contributed by atoms with Crippen molar-refractivity contribution in [1.29, 1.82) is 0 Å². The SMILES string of the molecule is CCCCOC(=O)c1ccc(NC(=O)c2cccc(NS(=O)(=O)c3ccc(C)cc3)c2C)cc1. The van der Waals surface area contributed by atoms with Crippen molar-refractivity contribution in [3.63, 3.8) is 0 Å². The van der Waals surface area contributed by atoms with Crippen molar-refractivity contribution in [2.75, 3.05) is 16.6 Å². The minimum absolute atomic E-state index is 0.140. The van der Waals surface area contributed by atoms with Crippen molar-refractivity contribution in [1.82, 2.24) is 0 Å². The van der Waals surface area contributed by atoms with Gasteiger partial charge >= 0.3 is 5.97 Å². The van der Waals surface area contributed by atoms with Crippen molar-refractivity contribution < 1.29 is 22.7 Å². The molecule has 0 aliphatic heterocycles. The molecule has 3 rings (SSSR count). The largest absolute Gasteiger partial charge is 0.462 e. The average molecular weight is 481 g/mol. The number of esters is 1. The number of carbonyl (C=O) groups excluding carboxylic acids is 2. The van der Waals surface area contributed by atoms with Gasteiger partial charge < -0.3 is 10.1 Å². The molecule has 0 saturated heterocycles. The molecule has 178 valence electrons. The quantitative estimate of drug-likeness (QED) is 0.319. The zero-order valence-electron chi connectivity index (χ0n) is 19.4. The molecule has 0 aliphatic carbocycles. The first-order chi connectivity index (χ1) is 16.2. The van der Waals surface area contributed by atoms with Crippen LogP contribution in [0.25, 0.3) is 0 Å². The van der Waals surface area contributed by atoms with Gasteiger partial charge in [0, 0.05) is 11.3 Å². The Morgan fingerprint density at radius 1 is 0.912 bits per heavy atom. The highest BCUT2D eigenvalue weighted by molar-refractivity contribution is 7.92. The lowest BCUT2D eigenvalue weighted by atomic mass is 10.1. The van der Waals surface area contributed by atoms with Crippen LogP contribution in [-0.2, 0) is 14.8 Å². The fourth-order valence-electron chi connectivity index (χ4n) is 3.19. The highest BCUT2D eigenvalue weighted by Crippen LogP contribution is 2.24. The fourth-order valence-corrected chi connectivity index (χ4v) is 4.32. The number of hydrogen-bond acceptors (Lipinski definition) is 5. The number of aryl methyl sites for hydroxylation is 1. The number of nitrogens with one attached hydrogen (secondary N) is 2. The number of sulfonamides is 1. The molecule has 0 aliphatic rings. The van der Waals surface area contributed by atoms with E-state index in [1.54, 1.807) is 61.5 Å². The second kappa shape index (κ2) is 11.0. The topological polar surface area (TPSA) is 102 Å². The van der Waals surface area contributed by atoms with Gasteiger partial charge in [-0.1, -0.05) is 37.1 Å². The molecule has 0 aromatic heterocycles. The molecule has 0 fully saturated rings. The molecule has 3 aromatic rings. The van der Waals surface area contributed by atoms with Crippen LogP contribution in [0, 0.1) is 13.8 Å². The monoisotopic (exact) mass is 480 g/mol. The van der Waals surface area contributed by atoms with E-state index < -0.39 is 21.9 Å². The van der Waals surface area contributed by atoms with E-state index in [1.807, 2.05) is 13.8 Å². The van der Waals surface area contributed by atoms with Gasteiger partial charge in [-0.25, -0.2) is 13.2 Å². The van der Waals surface area contributed by atoms with Crippen molar-refractivity contribution in [2.24, 2.45) is 0 Å². The Kier molecular flexibility index (Phi) is 8.07. The summed E-state index contributed by atoms with van der Waals surface area (Å²) in [6, 6.07) is 17.8. The van der Waals surface area contributed by atoms with E-state index in [1.165, 1.54) is 12.1 Å². The van der Waals surface area contributed by atoms with Crippen LogP contribution in [0.3, 0.4) is 0 Å². The Morgan fingerprint density at radius 3 is 2.24 bits per heavy atom. The molecule has 0 atom stereocenters. The summed E-state index contributed by atoms with van der Waals surface area (Å²) in [5.74, 6) is -0.803. The van der Waals surface area contributed by atoms with Gasteiger partial charge in [-0.05, 0) is 74.4 Å². The van der Waals surface area contributed by atoms with Gasteiger partial charge in [0.1, 0.15) is 0 Å². The van der Waals surface area contributed by atoms with E-state index in [0.717, 1.165) is 18.4 Å². The van der Waals surface area contributed by atoms with Gasteiger partial charge in [-0.2, -0.15) is 0 Å². The normalized spacial score (nSPS) is 11.0. The van der Waals surface area contributed by atoms with E-state index in [9.17, 15) is 18.0 Å². The first-order valence-electron chi connectivity index (χ1n) is 11.0. The van der Waals surface area contributed by atoms with E-state index >= 15 is 0 Å². The molecule has 1 amide bonds. The van der Waals surface area contributed by atoms with Crippen LogP contribution in [-0.4, -0.2) is 26.9 Å². The number of unbranched alkanes of at least 4 members (excludes halogenated alkanes) is 1. The van der Waals surface area contributed by atoms with Crippen molar-refractivity contribution in [3.05, 3.63) is 89.0 Å². The van der Waals surface area contributed by atoms with Crippen LogP contribution in [0.1, 0.15) is 51.6 Å². The molecule has 0 saturated carbocycles. The van der Waals surface area contributed by atoms with Gasteiger partial charge in [0.2, 0.25) is 0 Å². The van der Waals surface area contributed by atoms with Gasteiger partial charge in [0.25, 0.3) is 15.9 Å². The van der Waals surface area contributed by atoms with E-state index in [4.69, 9.17) is 4.74 Å². The second-order valence-corrected chi connectivity index (χ2v) is 9.60. The summed E-state index contributed by atoms with van der Waals surface area (Å²) in [5.41, 5.74) is 2.99. The summed E-state index contributed by atoms with van der Waals surface area (Å²) in [6.07, 6.45) is 1.74. The molecule has 8 heteroatoms. The Labute approximate surface area is 200 Å². The first kappa shape index (κ1) is 25.0. The van der Waals surface area contributed by atoms with E-state index in [0.29, 0.717) is 34.7 Å². The van der Waals surface area contributed by atoms with Crippen LogP contribution >= 0.6 is 0 Å². The summed E-state index contributed by atoms with van der Waals surface area (Å²) in [5, 5.41) is 2.78. The summed E-state index contributed by atoms with van der Waals surface area (Å²) in [4.78, 5) is 25.0. The Bertz CT molecular complexity index is 1270. The van der Waals surface area contributed by atoms with Crippen LogP contribution in [0.15, 0.2) is 71.6 Å². The molecule has 2 N–H and O–H groups in total. The Morgan fingerprint density at radius 2 is 1.59 bits per heavy atom. The van der Waals surface area contributed by atoms with Crippen LogP contribution < -0.4 is 10.0 Å². The molecular formula is C26H28N2O5S. The lowest BCUT2D eigenvalue weighted by molar-refractivity contribution is 0.0499. The second-order valence-electron chi connectivity index (χ2n) is 7.92. The number of benzene rings is 3. The lowest BCUT2D eigenvalue weighted by Crippen LogP contribution is -2.17. The summed E-state index contributed by atoms with van der Waals surface area (Å²) < 4.78 is 33.3. The number of carbonyl (C=O) groups is 2. The standard InChI is InChI=1S/C26H28N2O5S/c1-4-5-17-33-26(30)20-11-13-21(14-12-20)27-25(29)23-7-6-8-24(19(23)3)28-34(31,32)22-15-9-18(2)10-16-22/h6-16,28H,4-5,17H2,1-3H3,(H,27,29). The third kappa shape index (κ3) is 6.23. The van der Waals surface area contributed by atoms with Crippen molar-refractivity contribution >= 4 is 33.3 Å². The molecule has 0 radical (unpaired) electrons. The molecule has 0 spiro atoms. The number of hydrogen-bond donors (Lipinski definition) is 2. The third-order valence-electron chi connectivity index (χ3n) is 5.26. The molecule has 3 aromatic carbocycles. The summed E-state index contributed by atoms with van der Waals surface area (Å²) in [7, 11) is -3.80. The first-order valence-corrected chi connectivity index (χ1v) is 12.5. The summed E-state index contributed by atoms with van der Waals surface area (Å²) >= 11 is 0. The minimum Gasteiger partial charge on any atom is -0.462 e. The number of ether oxygens (including phenoxy) is 1. The fraction of sp³-hybridized carbons (Fsp3) is 0.231. The third-order valence-corrected chi connectivity index (χ3v) is 6.64. The zero-order chi connectivity index (χ0) is 24.7. The predicted octanol–water partition coefficient (Wildman–Crippen LogP) is 5.31. The molecule has 7 nitrogen and oxygen atoms in total. The smallest absolute Gasteiger partial charge is 0.338 e. The molecule has 34 heavy (non-hydrogen) atoms. The molecule has 0 heterocycles. The van der Waals surface area contributed by atoms with Gasteiger partial charge in [0.15, 0.2) is 0 Å². The maximum absolute atomic E-state index is 12.9.